The summed E-state index contributed by atoms with van der Waals surface area (Å²) in [4.78, 5) is 49.5. The van der Waals surface area contributed by atoms with E-state index in [9.17, 15) is 29.8 Å². The molecule has 0 fully saturated rings. The van der Waals surface area contributed by atoms with Crippen LogP contribution in [0.4, 0.5) is 11.4 Å². The number of non-ortho nitro benzene ring substituents is 1. The Hall–Kier alpha value is -3.95. The maximum atomic E-state index is 12.6. The zero-order chi connectivity index (χ0) is 24.3. The fraction of sp³-hybridized carbons (Fsp3) is 0.318. The van der Waals surface area contributed by atoms with Gasteiger partial charge in [-0.15, -0.1) is 0 Å². The van der Waals surface area contributed by atoms with Crippen LogP contribution in [0.1, 0.15) is 57.3 Å². The van der Waals surface area contributed by atoms with E-state index in [0.29, 0.717) is 12.0 Å². The zero-order valence-corrected chi connectivity index (χ0v) is 18.4. The van der Waals surface area contributed by atoms with Crippen molar-refractivity contribution in [2.75, 3.05) is 0 Å². The molecule has 2 rings (SSSR count). The van der Waals surface area contributed by atoms with E-state index in [1.54, 1.807) is 6.92 Å². The van der Waals surface area contributed by atoms with Crippen molar-refractivity contribution in [1.29, 1.82) is 0 Å². The molecule has 0 aromatic heterocycles. The number of nitro groups is 2. The van der Waals surface area contributed by atoms with Gasteiger partial charge in [0.15, 0.2) is 0 Å². The van der Waals surface area contributed by atoms with Gasteiger partial charge in [-0.3, -0.25) is 25.0 Å². The Morgan fingerprint density at radius 3 is 2.09 bits per heavy atom. The van der Waals surface area contributed by atoms with Gasteiger partial charge < -0.3 is 4.84 Å². The predicted octanol–water partition coefficient (Wildman–Crippen LogP) is 5.49. The van der Waals surface area contributed by atoms with E-state index in [1.807, 2.05) is 20.8 Å². The average molecular weight is 443 g/mol. The van der Waals surface area contributed by atoms with Crippen LogP contribution in [-0.4, -0.2) is 27.3 Å². The lowest BCUT2D eigenvalue weighted by atomic mass is 9.99. The zero-order valence-electron chi connectivity index (χ0n) is 18.4. The van der Waals surface area contributed by atoms with Gasteiger partial charge in [0.25, 0.3) is 11.4 Å². The number of oxime groups is 1. The first-order valence-corrected chi connectivity index (χ1v) is 10.1. The third-order valence-electron chi connectivity index (χ3n) is 4.16. The smallest absolute Gasteiger partial charge is 0.318 e. The fourth-order valence-corrected chi connectivity index (χ4v) is 2.62. The summed E-state index contributed by atoms with van der Waals surface area (Å²) in [6.45, 7) is 7.51. The van der Waals surface area contributed by atoms with Crippen LogP contribution in [0.25, 0.3) is 11.1 Å². The van der Waals surface area contributed by atoms with E-state index in [-0.39, 0.29) is 29.7 Å². The molecule has 0 N–H and O–H groups in total. The minimum absolute atomic E-state index is 0.0634. The number of carbonyl (C=O) groups excluding carboxylic acids is 2. The number of nitro benzene ring substituents is 2. The summed E-state index contributed by atoms with van der Waals surface area (Å²) in [7, 11) is 0. The molecule has 0 aliphatic heterocycles. The van der Waals surface area contributed by atoms with E-state index in [1.165, 1.54) is 36.4 Å². The predicted molar refractivity (Wildman–Crippen MR) is 120 cm³/mol. The second-order valence-corrected chi connectivity index (χ2v) is 6.23. The highest BCUT2D eigenvalue weighted by atomic mass is 16.7. The molecule has 10 heteroatoms. The Kier molecular flexibility index (Phi) is 10.3. The summed E-state index contributed by atoms with van der Waals surface area (Å²) in [6, 6.07) is 9.27. The highest BCUT2D eigenvalue weighted by Gasteiger charge is 2.21. The summed E-state index contributed by atoms with van der Waals surface area (Å²) in [6.07, 6.45) is 1.03. The topological polar surface area (TPSA) is 142 Å². The van der Waals surface area contributed by atoms with Gasteiger partial charge in [-0.1, -0.05) is 57.1 Å². The van der Waals surface area contributed by atoms with Crippen molar-refractivity contribution >= 4 is 28.8 Å². The maximum Gasteiger partial charge on any atom is 0.335 e. The SMILES string of the molecule is CC.CCCC(=O)O/N=C(/CC)C(=O)c1ccc(-c2ccc([N+](=O)[O-])cc2[N+](=O)[O-])cc1. The van der Waals surface area contributed by atoms with E-state index < -0.39 is 33.0 Å². The first-order chi connectivity index (χ1) is 15.3. The fourth-order valence-electron chi connectivity index (χ4n) is 2.62. The average Bonchev–Trinajstić information content (AvgIpc) is 2.80. The lowest BCUT2D eigenvalue weighted by molar-refractivity contribution is -0.393. The number of benzene rings is 2. The van der Waals surface area contributed by atoms with Gasteiger partial charge in [0.2, 0.25) is 5.78 Å². The molecular formula is C22H25N3O7. The van der Waals surface area contributed by atoms with Crippen molar-refractivity contribution in [3.63, 3.8) is 0 Å². The molecule has 170 valence electrons. The van der Waals surface area contributed by atoms with Crippen molar-refractivity contribution in [2.45, 2.75) is 47.0 Å². The summed E-state index contributed by atoms with van der Waals surface area (Å²) in [5.41, 5.74) is 0.115. The molecule has 0 aliphatic rings. The standard InChI is InChI=1S/C20H19N3O7.C2H6/c1-3-5-19(24)30-21-17(4-2)20(25)14-8-6-13(7-9-14)16-11-10-15(22(26)27)12-18(16)23(28)29;1-2/h6-12H,3-5H2,1-2H3;1-2H3/b21-17-;. The third kappa shape index (κ3) is 6.79. The van der Waals surface area contributed by atoms with E-state index in [4.69, 9.17) is 4.84 Å². The molecule has 10 nitrogen and oxygen atoms in total. The minimum atomic E-state index is -0.711. The number of hydrogen-bond donors (Lipinski definition) is 0. The van der Waals surface area contributed by atoms with Crippen molar-refractivity contribution < 1.29 is 24.3 Å². The molecule has 2 aromatic carbocycles. The number of ketones is 1. The minimum Gasteiger partial charge on any atom is -0.318 e. The highest BCUT2D eigenvalue weighted by molar-refractivity contribution is 6.45. The lowest BCUT2D eigenvalue weighted by Gasteiger charge is -2.06. The van der Waals surface area contributed by atoms with Gasteiger partial charge in [-0.05, 0) is 24.5 Å². The van der Waals surface area contributed by atoms with E-state index >= 15 is 0 Å². The molecule has 0 saturated heterocycles. The molecular weight excluding hydrogens is 418 g/mol. The Balaban J connectivity index is 0.00000249. The van der Waals surface area contributed by atoms with Gasteiger partial charge in [0.05, 0.1) is 21.5 Å². The molecule has 0 atom stereocenters. The van der Waals surface area contributed by atoms with Crippen LogP contribution in [0.15, 0.2) is 47.6 Å². The largest absolute Gasteiger partial charge is 0.335 e. The number of carbonyl (C=O) groups is 2. The number of rotatable bonds is 9. The molecule has 0 heterocycles. The van der Waals surface area contributed by atoms with Crippen LogP contribution in [-0.2, 0) is 9.63 Å². The van der Waals surface area contributed by atoms with Gasteiger partial charge in [0.1, 0.15) is 5.71 Å². The first kappa shape index (κ1) is 26.1. The van der Waals surface area contributed by atoms with Crippen LogP contribution < -0.4 is 0 Å². The molecule has 0 radical (unpaired) electrons. The lowest BCUT2D eigenvalue weighted by Crippen LogP contribution is -2.15. The third-order valence-corrected chi connectivity index (χ3v) is 4.16. The van der Waals surface area contributed by atoms with Crippen LogP contribution in [0.2, 0.25) is 0 Å². The maximum absolute atomic E-state index is 12.6. The first-order valence-electron chi connectivity index (χ1n) is 10.1. The van der Waals surface area contributed by atoms with Gasteiger partial charge in [0, 0.05) is 18.1 Å². The Labute approximate surface area is 185 Å². The van der Waals surface area contributed by atoms with Crippen molar-refractivity contribution in [3.8, 4) is 11.1 Å². The second kappa shape index (κ2) is 12.7. The Bertz CT molecular complexity index is 1010. The molecule has 0 saturated carbocycles. The number of Topliss-reactive ketones (excluding diaryl/α,β-unsaturated/α-hetero) is 1. The normalized spacial score (nSPS) is 10.6. The summed E-state index contributed by atoms with van der Waals surface area (Å²) in [5, 5.41) is 25.8. The molecule has 0 amide bonds. The molecule has 0 aliphatic carbocycles. The van der Waals surface area contributed by atoms with Gasteiger partial charge in [-0.2, -0.15) is 0 Å². The summed E-state index contributed by atoms with van der Waals surface area (Å²) >= 11 is 0. The Morgan fingerprint density at radius 2 is 1.59 bits per heavy atom. The second-order valence-electron chi connectivity index (χ2n) is 6.23. The molecule has 2 aromatic rings. The van der Waals surface area contributed by atoms with Crippen LogP contribution in [0.3, 0.4) is 0 Å². The number of hydrogen-bond acceptors (Lipinski definition) is 8. The molecule has 32 heavy (non-hydrogen) atoms. The van der Waals surface area contributed by atoms with Gasteiger partial charge >= 0.3 is 5.97 Å². The quantitative estimate of drug-likeness (QED) is 0.164. The monoisotopic (exact) mass is 443 g/mol. The van der Waals surface area contributed by atoms with E-state index in [2.05, 4.69) is 5.16 Å². The Morgan fingerprint density at radius 1 is 0.969 bits per heavy atom. The highest BCUT2D eigenvalue weighted by Crippen LogP contribution is 2.33. The van der Waals surface area contributed by atoms with Crippen molar-refractivity contribution in [1.82, 2.24) is 0 Å². The van der Waals surface area contributed by atoms with Crippen LogP contribution in [0, 0.1) is 20.2 Å². The summed E-state index contributed by atoms with van der Waals surface area (Å²) < 4.78 is 0. The molecule has 0 bridgehead atoms. The van der Waals surface area contributed by atoms with Crippen LogP contribution >= 0.6 is 0 Å². The number of nitrogens with zero attached hydrogens (tertiary/aromatic N) is 3. The summed E-state index contributed by atoms with van der Waals surface area (Å²) in [5.74, 6) is -0.969. The van der Waals surface area contributed by atoms with Gasteiger partial charge in [-0.25, -0.2) is 4.79 Å². The molecule has 0 unspecified atom stereocenters. The molecule has 0 spiro atoms. The van der Waals surface area contributed by atoms with E-state index in [0.717, 1.165) is 6.07 Å². The van der Waals surface area contributed by atoms with Crippen LogP contribution in [0.5, 0.6) is 0 Å². The van der Waals surface area contributed by atoms with Crippen molar-refractivity contribution in [3.05, 3.63) is 68.3 Å². The van der Waals surface area contributed by atoms with Crippen molar-refractivity contribution in [2.24, 2.45) is 5.16 Å².